The van der Waals surface area contributed by atoms with Crippen molar-refractivity contribution in [2.75, 3.05) is 39.6 Å². The average molecular weight is 532 g/mol. The Bertz CT molecular complexity index is 1450. The normalized spacial score (nSPS) is 16.1. The number of fused-ring (bicyclic) bond motifs is 1. The highest BCUT2D eigenvalue weighted by Gasteiger charge is 2.27. The SMILES string of the molecule is CN=C(C1=C(N)CCc2cnc(Nc3ccc(C(=O)NC4CN(C)C4)cc3OC)nc21)c1ccccc1Cl. The number of allylic oxidation sites excluding steroid dienone is 2. The zero-order valence-corrected chi connectivity index (χ0v) is 22.3. The van der Waals surface area contributed by atoms with Gasteiger partial charge in [-0.25, -0.2) is 9.97 Å². The van der Waals surface area contributed by atoms with E-state index in [9.17, 15) is 4.79 Å². The number of nitrogens with two attached hydrogens (primary N) is 1. The Balaban J connectivity index is 1.43. The van der Waals surface area contributed by atoms with E-state index in [1.54, 1.807) is 38.6 Å². The molecule has 0 unspecified atom stereocenters. The van der Waals surface area contributed by atoms with Gasteiger partial charge in [0.2, 0.25) is 5.95 Å². The van der Waals surface area contributed by atoms with Crippen molar-refractivity contribution in [3.05, 3.63) is 81.8 Å². The quantitative estimate of drug-likeness (QED) is 0.398. The highest BCUT2D eigenvalue weighted by Crippen LogP contribution is 2.34. The Morgan fingerprint density at radius 2 is 2.00 bits per heavy atom. The van der Waals surface area contributed by atoms with E-state index in [4.69, 9.17) is 27.1 Å². The number of methoxy groups -OCH3 is 1. The molecule has 1 aliphatic carbocycles. The largest absolute Gasteiger partial charge is 0.495 e. The van der Waals surface area contributed by atoms with Gasteiger partial charge in [-0.3, -0.25) is 9.79 Å². The fourth-order valence-electron chi connectivity index (χ4n) is 4.81. The van der Waals surface area contributed by atoms with Gasteiger partial charge in [-0.15, -0.1) is 0 Å². The average Bonchev–Trinajstić information content (AvgIpc) is 2.90. The van der Waals surface area contributed by atoms with Crippen molar-refractivity contribution >= 4 is 40.4 Å². The number of aromatic nitrogens is 2. The first-order valence-corrected chi connectivity index (χ1v) is 12.8. The molecule has 0 saturated carbocycles. The molecule has 9 nitrogen and oxygen atoms in total. The molecule has 5 rings (SSSR count). The Morgan fingerprint density at radius 1 is 1.21 bits per heavy atom. The molecule has 0 bridgehead atoms. The maximum atomic E-state index is 12.7. The number of carbonyl (C=O) groups excluding carboxylic acids is 1. The molecule has 196 valence electrons. The van der Waals surface area contributed by atoms with Crippen molar-refractivity contribution in [1.82, 2.24) is 20.2 Å². The van der Waals surface area contributed by atoms with E-state index in [1.165, 1.54) is 0 Å². The van der Waals surface area contributed by atoms with Crippen molar-refractivity contribution < 1.29 is 9.53 Å². The van der Waals surface area contributed by atoms with E-state index < -0.39 is 0 Å². The predicted octanol–water partition coefficient (Wildman–Crippen LogP) is 3.66. The third-order valence-electron chi connectivity index (χ3n) is 6.79. The molecule has 10 heteroatoms. The van der Waals surface area contributed by atoms with Crippen LogP contribution in [0.15, 0.2) is 59.4 Å². The number of aliphatic imine (C=N–C) groups is 1. The summed E-state index contributed by atoms with van der Waals surface area (Å²) in [6.45, 7) is 1.69. The smallest absolute Gasteiger partial charge is 0.251 e. The number of hydrogen-bond acceptors (Lipinski definition) is 8. The molecule has 1 amide bonds. The van der Waals surface area contributed by atoms with Gasteiger partial charge in [0.1, 0.15) is 5.75 Å². The van der Waals surface area contributed by atoms with Crippen molar-refractivity contribution in [2.45, 2.75) is 18.9 Å². The van der Waals surface area contributed by atoms with E-state index in [0.717, 1.165) is 36.2 Å². The molecule has 1 aliphatic heterocycles. The number of halogens is 1. The Morgan fingerprint density at radius 3 is 2.71 bits per heavy atom. The second kappa shape index (κ2) is 10.8. The number of nitrogens with one attached hydrogen (secondary N) is 2. The monoisotopic (exact) mass is 531 g/mol. The number of likely N-dealkylation sites (tertiary alicyclic amines) is 1. The summed E-state index contributed by atoms with van der Waals surface area (Å²) in [4.78, 5) is 28.7. The van der Waals surface area contributed by atoms with Crippen LogP contribution < -0.4 is 21.1 Å². The van der Waals surface area contributed by atoms with E-state index in [-0.39, 0.29) is 11.9 Å². The fraction of sp³-hybridized carbons (Fsp3) is 0.286. The zero-order valence-electron chi connectivity index (χ0n) is 21.6. The first kappa shape index (κ1) is 25.7. The highest BCUT2D eigenvalue weighted by molar-refractivity contribution is 6.40. The molecular formula is C28H30ClN7O2. The van der Waals surface area contributed by atoms with Crippen LogP contribution >= 0.6 is 11.6 Å². The van der Waals surface area contributed by atoms with Crippen molar-refractivity contribution in [3.8, 4) is 5.75 Å². The molecule has 2 aliphatic rings. The number of nitrogens with zero attached hydrogens (tertiary/aromatic N) is 4. The molecule has 0 atom stereocenters. The standard InChI is InChI=1S/C28H30ClN7O2/c1-31-26(19-6-4-5-7-20(19)29)24-21(30)10-8-17-13-32-28(35-25(17)24)34-22-11-9-16(12-23(22)38-3)27(37)33-18-14-36(2)15-18/h4-7,9,11-13,18H,8,10,14-15,30H2,1-3H3,(H,33,37)(H,32,34,35). The van der Waals surface area contributed by atoms with Gasteiger partial charge in [0.05, 0.1) is 30.2 Å². The number of anilines is 2. The third kappa shape index (κ3) is 5.07. The minimum Gasteiger partial charge on any atom is -0.495 e. The van der Waals surface area contributed by atoms with Crippen LogP contribution in [0.4, 0.5) is 11.6 Å². The van der Waals surface area contributed by atoms with Crippen LogP contribution in [0.3, 0.4) is 0 Å². The van der Waals surface area contributed by atoms with Crippen LogP contribution in [0.1, 0.15) is 33.6 Å². The van der Waals surface area contributed by atoms with Gasteiger partial charge in [-0.1, -0.05) is 29.8 Å². The van der Waals surface area contributed by atoms with Crippen LogP contribution in [0.2, 0.25) is 5.02 Å². The number of likely N-dealkylation sites (N-methyl/N-ethyl adjacent to an activating group) is 1. The van der Waals surface area contributed by atoms with E-state index >= 15 is 0 Å². The summed E-state index contributed by atoms with van der Waals surface area (Å²) in [7, 11) is 5.31. The van der Waals surface area contributed by atoms with Crippen LogP contribution in [0, 0.1) is 0 Å². The molecular weight excluding hydrogens is 502 g/mol. The zero-order chi connectivity index (χ0) is 26.8. The Hall–Kier alpha value is -3.95. The molecule has 38 heavy (non-hydrogen) atoms. The lowest BCUT2D eigenvalue weighted by molar-refractivity contribution is 0.0857. The predicted molar refractivity (Wildman–Crippen MR) is 150 cm³/mol. The summed E-state index contributed by atoms with van der Waals surface area (Å²) in [5.41, 5.74) is 12.3. The molecule has 0 radical (unpaired) electrons. The summed E-state index contributed by atoms with van der Waals surface area (Å²) >= 11 is 6.51. The summed E-state index contributed by atoms with van der Waals surface area (Å²) in [5.74, 6) is 0.750. The van der Waals surface area contributed by atoms with Gasteiger partial charge in [0.15, 0.2) is 0 Å². The van der Waals surface area contributed by atoms with Crippen molar-refractivity contribution in [2.24, 2.45) is 10.7 Å². The number of benzene rings is 2. The summed E-state index contributed by atoms with van der Waals surface area (Å²) in [5, 5.41) is 6.87. The van der Waals surface area contributed by atoms with Crippen molar-refractivity contribution in [3.63, 3.8) is 0 Å². The number of ether oxygens (including phenoxy) is 1. The third-order valence-corrected chi connectivity index (χ3v) is 7.11. The van der Waals surface area contributed by atoms with Gasteiger partial charge in [0.25, 0.3) is 5.91 Å². The maximum Gasteiger partial charge on any atom is 0.251 e. The van der Waals surface area contributed by atoms with Gasteiger partial charge in [0, 0.05) is 53.8 Å². The molecule has 1 aromatic heterocycles. The molecule has 0 spiro atoms. The lowest BCUT2D eigenvalue weighted by Crippen LogP contribution is -2.57. The second-order valence-electron chi connectivity index (χ2n) is 9.45. The topological polar surface area (TPSA) is 118 Å². The Kier molecular flexibility index (Phi) is 7.31. The summed E-state index contributed by atoms with van der Waals surface area (Å²) in [6, 6.07) is 13.0. The number of amides is 1. The molecule has 3 aromatic rings. The molecule has 4 N–H and O–H groups in total. The minimum absolute atomic E-state index is 0.130. The van der Waals surface area contributed by atoms with Crippen LogP contribution in [0.5, 0.6) is 5.75 Å². The minimum atomic E-state index is -0.130. The highest BCUT2D eigenvalue weighted by atomic mass is 35.5. The maximum absolute atomic E-state index is 12.7. The molecule has 2 aromatic carbocycles. The van der Waals surface area contributed by atoms with Gasteiger partial charge < -0.3 is 26.0 Å². The van der Waals surface area contributed by atoms with Crippen molar-refractivity contribution in [1.29, 1.82) is 0 Å². The van der Waals surface area contributed by atoms with E-state index in [0.29, 0.717) is 51.5 Å². The lowest BCUT2D eigenvalue weighted by atomic mass is 9.88. The van der Waals surface area contributed by atoms with Gasteiger partial charge >= 0.3 is 0 Å². The molecule has 2 heterocycles. The molecule has 1 fully saturated rings. The number of hydrogen-bond donors (Lipinski definition) is 3. The second-order valence-corrected chi connectivity index (χ2v) is 9.86. The van der Waals surface area contributed by atoms with Gasteiger partial charge in [-0.05, 0) is 49.7 Å². The van der Waals surface area contributed by atoms with Crippen LogP contribution in [-0.4, -0.2) is 66.8 Å². The summed E-state index contributed by atoms with van der Waals surface area (Å²) < 4.78 is 5.58. The van der Waals surface area contributed by atoms with Gasteiger partial charge in [-0.2, -0.15) is 0 Å². The number of carbonyl (C=O) groups is 1. The lowest BCUT2D eigenvalue weighted by Gasteiger charge is -2.36. The van der Waals surface area contributed by atoms with Crippen LogP contribution in [0.25, 0.3) is 5.57 Å². The van der Waals surface area contributed by atoms with E-state index in [1.807, 2.05) is 31.3 Å². The number of rotatable bonds is 7. The Labute approximate surface area is 226 Å². The summed E-state index contributed by atoms with van der Waals surface area (Å²) in [6.07, 6.45) is 3.21. The molecule has 1 saturated heterocycles. The number of aryl methyl sites for hydroxylation is 1. The van der Waals surface area contributed by atoms with Crippen LogP contribution in [-0.2, 0) is 6.42 Å². The fourth-order valence-corrected chi connectivity index (χ4v) is 5.04. The first-order chi connectivity index (χ1) is 18.4. The van der Waals surface area contributed by atoms with E-state index in [2.05, 4.69) is 25.5 Å². The first-order valence-electron chi connectivity index (χ1n) is 12.4.